The van der Waals surface area contributed by atoms with Crippen molar-refractivity contribution in [2.24, 2.45) is 5.73 Å². The molecule has 0 heterocycles. The molecule has 0 radical (unpaired) electrons. The molecule has 0 aliphatic rings. The molecule has 2 aromatic carbocycles. The van der Waals surface area contributed by atoms with Crippen molar-refractivity contribution in [2.75, 3.05) is 5.32 Å². The minimum Gasteiger partial charge on any atom is -0.352 e. The second-order valence-electron chi connectivity index (χ2n) is 6.45. The highest BCUT2D eigenvalue weighted by molar-refractivity contribution is 5.91. The van der Waals surface area contributed by atoms with Crippen molar-refractivity contribution in [1.29, 1.82) is 0 Å². The number of anilines is 1. The summed E-state index contributed by atoms with van der Waals surface area (Å²) in [4.78, 5) is 23.7. The van der Waals surface area contributed by atoms with Crippen molar-refractivity contribution in [3.8, 4) is 0 Å². The second-order valence-corrected chi connectivity index (χ2v) is 6.45. The standard InChI is InChI=1S/C20H25N3O2/c1-13(2)15-8-10-16(11-9-15)22-19(24)12-18(23-20(21)25)17-7-5-4-6-14(17)3/h4-11,13,18H,12H2,1-3H3,(H,22,24)(H3,21,23,25). The van der Waals surface area contributed by atoms with E-state index in [0.717, 1.165) is 16.8 Å². The SMILES string of the molecule is Cc1ccccc1C(CC(=O)Nc1ccc(C(C)C)cc1)NC(N)=O. The molecular formula is C20H25N3O2. The van der Waals surface area contributed by atoms with Crippen LogP contribution >= 0.6 is 0 Å². The zero-order valence-corrected chi connectivity index (χ0v) is 14.9. The number of carbonyl (C=O) groups excluding carboxylic acids is 2. The summed E-state index contributed by atoms with van der Waals surface area (Å²) in [5, 5.41) is 5.53. The van der Waals surface area contributed by atoms with Crippen molar-refractivity contribution >= 4 is 17.6 Å². The van der Waals surface area contributed by atoms with Crippen LogP contribution in [0.1, 0.15) is 48.9 Å². The van der Waals surface area contributed by atoms with E-state index >= 15 is 0 Å². The first-order valence-corrected chi connectivity index (χ1v) is 8.38. The predicted molar refractivity (Wildman–Crippen MR) is 100 cm³/mol. The smallest absolute Gasteiger partial charge is 0.312 e. The second kappa shape index (κ2) is 8.33. The Morgan fingerprint density at radius 2 is 1.68 bits per heavy atom. The number of amides is 3. The molecule has 0 aromatic heterocycles. The summed E-state index contributed by atoms with van der Waals surface area (Å²) >= 11 is 0. The summed E-state index contributed by atoms with van der Waals surface area (Å²) in [5.74, 6) is 0.259. The topological polar surface area (TPSA) is 84.2 Å². The van der Waals surface area contributed by atoms with Gasteiger partial charge in [-0.2, -0.15) is 0 Å². The maximum atomic E-state index is 12.4. The average Bonchev–Trinajstić information content (AvgIpc) is 2.54. The van der Waals surface area contributed by atoms with E-state index in [4.69, 9.17) is 5.73 Å². The van der Waals surface area contributed by atoms with Crippen LogP contribution in [-0.2, 0) is 4.79 Å². The largest absolute Gasteiger partial charge is 0.352 e. The van der Waals surface area contributed by atoms with E-state index < -0.39 is 12.1 Å². The Morgan fingerprint density at radius 3 is 2.24 bits per heavy atom. The Morgan fingerprint density at radius 1 is 1.04 bits per heavy atom. The van der Waals surface area contributed by atoms with E-state index in [2.05, 4.69) is 24.5 Å². The van der Waals surface area contributed by atoms with Gasteiger partial charge in [0.1, 0.15) is 0 Å². The Hall–Kier alpha value is -2.82. The van der Waals surface area contributed by atoms with Gasteiger partial charge in [-0.1, -0.05) is 50.2 Å². The number of hydrogen-bond donors (Lipinski definition) is 3. The van der Waals surface area contributed by atoms with Crippen molar-refractivity contribution in [3.63, 3.8) is 0 Å². The summed E-state index contributed by atoms with van der Waals surface area (Å²) in [5.41, 5.74) is 9.10. The summed E-state index contributed by atoms with van der Waals surface area (Å²) in [6.45, 7) is 6.18. The molecule has 25 heavy (non-hydrogen) atoms. The fraction of sp³-hybridized carbons (Fsp3) is 0.300. The molecule has 132 valence electrons. The van der Waals surface area contributed by atoms with E-state index in [1.54, 1.807) is 0 Å². The minimum absolute atomic E-state index is 0.111. The molecule has 0 saturated carbocycles. The Balaban J connectivity index is 2.09. The van der Waals surface area contributed by atoms with Gasteiger partial charge in [0.15, 0.2) is 0 Å². The highest BCUT2D eigenvalue weighted by Gasteiger charge is 2.19. The van der Waals surface area contributed by atoms with Gasteiger partial charge in [0.25, 0.3) is 0 Å². The third-order valence-corrected chi connectivity index (χ3v) is 4.13. The Kier molecular flexibility index (Phi) is 6.17. The van der Waals surface area contributed by atoms with Crippen LogP contribution < -0.4 is 16.4 Å². The average molecular weight is 339 g/mol. The minimum atomic E-state index is -0.651. The number of benzene rings is 2. The van der Waals surface area contributed by atoms with Gasteiger partial charge in [-0.25, -0.2) is 4.79 Å². The van der Waals surface area contributed by atoms with Crippen LogP contribution in [0.15, 0.2) is 48.5 Å². The van der Waals surface area contributed by atoms with Gasteiger partial charge in [0.05, 0.1) is 12.5 Å². The molecule has 0 aliphatic carbocycles. The van der Waals surface area contributed by atoms with Gasteiger partial charge in [0.2, 0.25) is 5.91 Å². The molecule has 3 amide bonds. The maximum absolute atomic E-state index is 12.4. The Labute approximate surface area is 148 Å². The number of primary amides is 1. The lowest BCUT2D eigenvalue weighted by atomic mass is 9.98. The number of nitrogens with two attached hydrogens (primary N) is 1. The number of carbonyl (C=O) groups is 2. The zero-order valence-electron chi connectivity index (χ0n) is 14.9. The van der Waals surface area contributed by atoms with E-state index in [-0.39, 0.29) is 12.3 Å². The zero-order chi connectivity index (χ0) is 18.4. The van der Waals surface area contributed by atoms with Crippen molar-refractivity contribution in [1.82, 2.24) is 5.32 Å². The van der Waals surface area contributed by atoms with Gasteiger partial charge < -0.3 is 16.4 Å². The van der Waals surface area contributed by atoms with Crippen LogP contribution in [0.3, 0.4) is 0 Å². The fourth-order valence-corrected chi connectivity index (χ4v) is 2.74. The van der Waals surface area contributed by atoms with Crippen molar-refractivity contribution in [3.05, 3.63) is 65.2 Å². The van der Waals surface area contributed by atoms with Crippen LogP contribution in [0, 0.1) is 6.92 Å². The molecule has 0 saturated heterocycles. The summed E-state index contributed by atoms with van der Waals surface area (Å²) < 4.78 is 0. The lowest BCUT2D eigenvalue weighted by Crippen LogP contribution is -2.35. The third kappa shape index (κ3) is 5.35. The number of urea groups is 1. The summed E-state index contributed by atoms with van der Waals surface area (Å²) in [6, 6.07) is 14.3. The highest BCUT2D eigenvalue weighted by atomic mass is 16.2. The van der Waals surface area contributed by atoms with Gasteiger partial charge in [-0.3, -0.25) is 4.79 Å². The van der Waals surface area contributed by atoms with Crippen LogP contribution in [0.2, 0.25) is 0 Å². The molecule has 2 aromatic rings. The molecule has 1 unspecified atom stereocenters. The Bertz CT molecular complexity index is 739. The molecule has 5 heteroatoms. The van der Waals surface area contributed by atoms with Gasteiger partial charge in [-0.05, 0) is 41.7 Å². The van der Waals surface area contributed by atoms with Crippen LogP contribution in [-0.4, -0.2) is 11.9 Å². The normalized spacial score (nSPS) is 11.8. The number of hydrogen-bond acceptors (Lipinski definition) is 2. The molecule has 0 aliphatic heterocycles. The molecule has 0 fully saturated rings. The summed E-state index contributed by atoms with van der Waals surface area (Å²) in [6.07, 6.45) is 0.111. The predicted octanol–water partition coefficient (Wildman–Crippen LogP) is 3.86. The van der Waals surface area contributed by atoms with E-state index in [0.29, 0.717) is 5.92 Å². The lowest BCUT2D eigenvalue weighted by molar-refractivity contribution is -0.116. The maximum Gasteiger partial charge on any atom is 0.312 e. The van der Waals surface area contributed by atoms with E-state index in [1.807, 2.05) is 55.5 Å². The quantitative estimate of drug-likeness (QED) is 0.746. The van der Waals surface area contributed by atoms with Gasteiger partial charge in [-0.15, -0.1) is 0 Å². The molecule has 2 rings (SSSR count). The van der Waals surface area contributed by atoms with Crippen LogP contribution in [0.4, 0.5) is 10.5 Å². The lowest BCUT2D eigenvalue weighted by Gasteiger charge is -2.19. The fourth-order valence-electron chi connectivity index (χ4n) is 2.74. The molecule has 4 N–H and O–H groups in total. The monoisotopic (exact) mass is 339 g/mol. The number of aryl methyl sites for hydroxylation is 1. The van der Waals surface area contributed by atoms with E-state index in [9.17, 15) is 9.59 Å². The first kappa shape index (κ1) is 18.5. The molecule has 1 atom stereocenters. The third-order valence-electron chi connectivity index (χ3n) is 4.13. The molecule has 5 nitrogen and oxygen atoms in total. The van der Waals surface area contributed by atoms with Crippen LogP contribution in [0.5, 0.6) is 0 Å². The van der Waals surface area contributed by atoms with Crippen LogP contribution in [0.25, 0.3) is 0 Å². The van der Waals surface area contributed by atoms with Crippen molar-refractivity contribution in [2.45, 2.75) is 39.2 Å². The molecule has 0 bridgehead atoms. The summed E-state index contributed by atoms with van der Waals surface area (Å²) in [7, 11) is 0. The highest BCUT2D eigenvalue weighted by Crippen LogP contribution is 2.22. The van der Waals surface area contributed by atoms with Gasteiger partial charge >= 0.3 is 6.03 Å². The number of rotatable bonds is 6. The first-order chi connectivity index (χ1) is 11.9. The first-order valence-electron chi connectivity index (χ1n) is 8.38. The molecular weight excluding hydrogens is 314 g/mol. The van der Waals surface area contributed by atoms with Gasteiger partial charge in [0, 0.05) is 5.69 Å². The molecule has 0 spiro atoms. The van der Waals surface area contributed by atoms with E-state index in [1.165, 1.54) is 5.56 Å². The van der Waals surface area contributed by atoms with Crippen molar-refractivity contribution < 1.29 is 9.59 Å². The number of nitrogens with one attached hydrogen (secondary N) is 2.